The van der Waals surface area contributed by atoms with Crippen LogP contribution in [0.25, 0.3) is 5.69 Å². The Morgan fingerprint density at radius 1 is 1.00 bits per heavy atom. The van der Waals surface area contributed by atoms with E-state index in [0.717, 1.165) is 34.0 Å². The van der Waals surface area contributed by atoms with Crippen LogP contribution in [0.4, 0.5) is 0 Å². The number of carbonyl (C=O) groups is 1. The van der Waals surface area contributed by atoms with E-state index in [4.69, 9.17) is 4.74 Å². The predicted molar refractivity (Wildman–Crippen MR) is 107 cm³/mol. The molecule has 0 radical (unpaired) electrons. The van der Waals surface area contributed by atoms with E-state index in [1.54, 1.807) is 0 Å². The number of benzene rings is 2. The maximum absolute atomic E-state index is 12.3. The highest BCUT2D eigenvalue weighted by atomic mass is 16.5. The van der Waals surface area contributed by atoms with Crippen LogP contribution in [0.1, 0.15) is 32.9 Å². The lowest BCUT2D eigenvalue weighted by Gasteiger charge is -2.10. The highest BCUT2D eigenvalue weighted by molar-refractivity contribution is 5.94. The maximum Gasteiger partial charge on any atom is 0.251 e. The van der Waals surface area contributed by atoms with Gasteiger partial charge in [-0.05, 0) is 81.3 Å². The second kappa shape index (κ2) is 8.08. The zero-order valence-electron chi connectivity index (χ0n) is 16.2. The smallest absolute Gasteiger partial charge is 0.251 e. The van der Waals surface area contributed by atoms with E-state index < -0.39 is 0 Å². The molecule has 3 aromatic rings. The lowest BCUT2D eigenvalue weighted by Crippen LogP contribution is -2.28. The normalized spacial score (nSPS) is 10.7. The van der Waals surface area contributed by atoms with Crippen LogP contribution >= 0.6 is 0 Å². The summed E-state index contributed by atoms with van der Waals surface area (Å²) >= 11 is 0. The molecule has 0 fully saturated rings. The Hall–Kier alpha value is -3.08. The molecule has 0 unspecified atom stereocenters. The predicted octanol–water partition coefficient (Wildman–Crippen LogP) is 3.91. The van der Waals surface area contributed by atoms with Gasteiger partial charge in [0.1, 0.15) is 12.4 Å². The third-order valence-corrected chi connectivity index (χ3v) is 4.24. The molecular formula is C22H25N3O2. The quantitative estimate of drug-likeness (QED) is 0.676. The first kappa shape index (κ1) is 18.7. The van der Waals surface area contributed by atoms with Crippen molar-refractivity contribution in [3.63, 3.8) is 0 Å². The highest BCUT2D eigenvalue weighted by Crippen LogP contribution is 2.16. The van der Waals surface area contributed by atoms with E-state index in [0.29, 0.717) is 18.7 Å². The fourth-order valence-corrected chi connectivity index (χ4v) is 3.10. The fraction of sp³-hybridized carbons (Fsp3) is 0.273. The largest absolute Gasteiger partial charge is 0.492 e. The third kappa shape index (κ3) is 4.76. The summed E-state index contributed by atoms with van der Waals surface area (Å²) in [5.41, 5.74) is 5.92. The van der Waals surface area contributed by atoms with Crippen molar-refractivity contribution in [3.8, 4) is 11.4 Å². The third-order valence-electron chi connectivity index (χ3n) is 4.24. The number of amides is 1. The van der Waals surface area contributed by atoms with Crippen molar-refractivity contribution in [2.24, 2.45) is 0 Å². The summed E-state index contributed by atoms with van der Waals surface area (Å²) < 4.78 is 7.59. The molecule has 0 aliphatic carbocycles. The maximum atomic E-state index is 12.3. The molecule has 0 spiro atoms. The van der Waals surface area contributed by atoms with Crippen LogP contribution in [0.5, 0.6) is 5.75 Å². The standard InChI is InChI=1S/C22H25N3O2/c1-15-11-16(2)13-21(12-15)27-10-9-23-22(26)19-5-7-20(8-6-19)25-18(4)14-17(3)24-25/h5-8,11-14H,9-10H2,1-4H3,(H,23,26). The summed E-state index contributed by atoms with van der Waals surface area (Å²) in [4.78, 5) is 12.3. The number of rotatable bonds is 6. The van der Waals surface area contributed by atoms with Gasteiger partial charge in [0.25, 0.3) is 5.91 Å². The molecule has 5 nitrogen and oxygen atoms in total. The van der Waals surface area contributed by atoms with Crippen LogP contribution < -0.4 is 10.1 Å². The van der Waals surface area contributed by atoms with Gasteiger partial charge in [0, 0.05) is 11.3 Å². The Kier molecular flexibility index (Phi) is 5.60. The molecule has 0 atom stereocenters. The Bertz CT molecular complexity index is 922. The van der Waals surface area contributed by atoms with Crippen LogP contribution in [0.3, 0.4) is 0 Å². The average Bonchev–Trinajstić information content (AvgIpc) is 2.96. The van der Waals surface area contributed by atoms with Gasteiger partial charge in [-0.25, -0.2) is 4.68 Å². The van der Waals surface area contributed by atoms with Crippen molar-refractivity contribution >= 4 is 5.91 Å². The average molecular weight is 363 g/mol. The summed E-state index contributed by atoms with van der Waals surface area (Å²) in [6.07, 6.45) is 0. The number of hydrogen-bond donors (Lipinski definition) is 1. The van der Waals surface area contributed by atoms with Gasteiger partial charge in [0.05, 0.1) is 17.9 Å². The van der Waals surface area contributed by atoms with Crippen LogP contribution in [-0.2, 0) is 0 Å². The van der Waals surface area contributed by atoms with E-state index in [1.165, 1.54) is 0 Å². The minimum absolute atomic E-state index is 0.112. The van der Waals surface area contributed by atoms with Crippen LogP contribution in [-0.4, -0.2) is 28.8 Å². The molecule has 2 aromatic carbocycles. The summed E-state index contributed by atoms with van der Waals surface area (Å²) in [5.74, 6) is 0.718. The molecule has 5 heteroatoms. The zero-order valence-corrected chi connectivity index (χ0v) is 16.2. The number of ether oxygens (including phenoxy) is 1. The van der Waals surface area contributed by atoms with Crippen molar-refractivity contribution in [2.45, 2.75) is 27.7 Å². The number of aromatic nitrogens is 2. The molecule has 0 saturated carbocycles. The summed E-state index contributed by atoms with van der Waals surface area (Å²) in [6.45, 7) is 8.93. The molecule has 0 saturated heterocycles. The number of nitrogens with zero attached hydrogens (tertiary/aromatic N) is 2. The van der Waals surface area contributed by atoms with Gasteiger partial charge in [0.2, 0.25) is 0 Å². The number of carbonyl (C=O) groups excluding carboxylic acids is 1. The zero-order chi connectivity index (χ0) is 19.4. The Balaban J connectivity index is 1.53. The lowest BCUT2D eigenvalue weighted by atomic mass is 10.1. The Morgan fingerprint density at radius 2 is 1.67 bits per heavy atom. The van der Waals surface area contributed by atoms with Gasteiger partial charge in [-0.1, -0.05) is 6.07 Å². The number of nitrogens with one attached hydrogen (secondary N) is 1. The Labute approximate surface area is 160 Å². The van der Waals surface area contributed by atoms with Gasteiger partial charge in [-0.15, -0.1) is 0 Å². The summed E-state index contributed by atoms with van der Waals surface area (Å²) in [6, 6.07) is 15.5. The molecule has 0 bridgehead atoms. The van der Waals surface area contributed by atoms with Crippen molar-refractivity contribution in [2.75, 3.05) is 13.2 Å². The first-order valence-electron chi connectivity index (χ1n) is 9.05. The first-order valence-corrected chi connectivity index (χ1v) is 9.05. The topological polar surface area (TPSA) is 56.1 Å². The van der Waals surface area contributed by atoms with E-state index in [-0.39, 0.29) is 5.91 Å². The minimum Gasteiger partial charge on any atom is -0.492 e. The van der Waals surface area contributed by atoms with E-state index in [1.807, 2.05) is 74.8 Å². The molecule has 1 amide bonds. The van der Waals surface area contributed by atoms with E-state index in [9.17, 15) is 4.79 Å². The molecule has 140 valence electrons. The Morgan fingerprint density at radius 3 is 2.26 bits per heavy atom. The molecule has 1 aromatic heterocycles. The lowest BCUT2D eigenvalue weighted by molar-refractivity contribution is 0.0947. The molecule has 3 rings (SSSR count). The van der Waals surface area contributed by atoms with Crippen LogP contribution in [0.15, 0.2) is 48.5 Å². The van der Waals surface area contributed by atoms with Crippen LogP contribution in [0.2, 0.25) is 0 Å². The monoisotopic (exact) mass is 363 g/mol. The van der Waals surface area contributed by atoms with Crippen molar-refractivity contribution in [1.29, 1.82) is 0 Å². The van der Waals surface area contributed by atoms with Crippen molar-refractivity contribution in [3.05, 3.63) is 76.6 Å². The van der Waals surface area contributed by atoms with Gasteiger partial charge in [-0.3, -0.25) is 4.79 Å². The summed E-state index contributed by atoms with van der Waals surface area (Å²) in [7, 11) is 0. The second-order valence-electron chi connectivity index (χ2n) is 6.81. The van der Waals surface area contributed by atoms with Crippen molar-refractivity contribution in [1.82, 2.24) is 15.1 Å². The second-order valence-corrected chi connectivity index (χ2v) is 6.81. The van der Waals surface area contributed by atoms with Gasteiger partial charge < -0.3 is 10.1 Å². The first-order chi connectivity index (χ1) is 12.9. The molecule has 27 heavy (non-hydrogen) atoms. The van der Waals surface area contributed by atoms with Gasteiger partial charge >= 0.3 is 0 Å². The van der Waals surface area contributed by atoms with Crippen molar-refractivity contribution < 1.29 is 9.53 Å². The van der Waals surface area contributed by atoms with E-state index in [2.05, 4.69) is 16.5 Å². The summed E-state index contributed by atoms with van der Waals surface area (Å²) in [5, 5.41) is 7.34. The van der Waals surface area contributed by atoms with Gasteiger partial charge in [0.15, 0.2) is 0 Å². The number of aryl methyl sites for hydroxylation is 4. The van der Waals surface area contributed by atoms with Crippen LogP contribution in [0, 0.1) is 27.7 Å². The molecule has 1 heterocycles. The molecule has 0 aliphatic rings. The number of hydrogen-bond acceptors (Lipinski definition) is 3. The minimum atomic E-state index is -0.112. The SMILES string of the molecule is Cc1cc(C)cc(OCCNC(=O)c2ccc(-n3nc(C)cc3C)cc2)c1. The highest BCUT2D eigenvalue weighted by Gasteiger charge is 2.08. The molecule has 0 aliphatic heterocycles. The fourth-order valence-electron chi connectivity index (χ4n) is 3.10. The molecule has 1 N–H and O–H groups in total. The molecular weight excluding hydrogens is 338 g/mol. The van der Waals surface area contributed by atoms with Gasteiger partial charge in [-0.2, -0.15) is 5.10 Å². The van der Waals surface area contributed by atoms with E-state index >= 15 is 0 Å².